The number of nitrogens with one attached hydrogen (secondary N) is 3. The van der Waals surface area contributed by atoms with Crippen molar-refractivity contribution in [3.63, 3.8) is 0 Å². The number of carbonyl (C=O) groups excluding carboxylic acids is 1. The number of carbonyl (C=O) groups is 1. The first kappa shape index (κ1) is 35.3. The predicted octanol–water partition coefficient (Wildman–Crippen LogP) is 5.63. The van der Waals surface area contributed by atoms with Gasteiger partial charge in [-0.05, 0) is 66.2 Å². The van der Waals surface area contributed by atoms with Crippen molar-refractivity contribution in [2.75, 3.05) is 18.9 Å². The van der Waals surface area contributed by atoms with Gasteiger partial charge in [0.05, 0.1) is 12.2 Å². The topological polar surface area (TPSA) is 135 Å². The second-order valence-corrected chi connectivity index (χ2v) is 9.88. The molecule has 0 saturated carbocycles. The Hall–Kier alpha value is -3.72. The van der Waals surface area contributed by atoms with Crippen LogP contribution in [0.5, 0.6) is 0 Å². The van der Waals surface area contributed by atoms with Crippen molar-refractivity contribution in [1.29, 1.82) is 5.41 Å². The molecule has 0 spiro atoms. The summed E-state index contributed by atoms with van der Waals surface area (Å²) in [5, 5.41) is 11.9. The van der Waals surface area contributed by atoms with Gasteiger partial charge in [-0.1, -0.05) is 48.1 Å². The monoisotopic (exact) mass is 540 g/mol. The lowest BCUT2D eigenvalue weighted by atomic mass is 10.2. The molecule has 1 aromatic heterocycles. The lowest BCUT2D eigenvalue weighted by molar-refractivity contribution is 0.0541. The molecule has 0 radical (unpaired) electrons. The maximum Gasteiger partial charge on any atom is 0.407 e. The minimum Gasteiger partial charge on any atom is -0.444 e. The van der Waals surface area contributed by atoms with E-state index in [0.29, 0.717) is 25.2 Å². The molecule has 0 unspecified atom stereocenters. The molecular formula is C30H48N6O3. The van der Waals surface area contributed by atoms with E-state index in [-0.39, 0.29) is 23.3 Å². The third kappa shape index (κ3) is 15.3. The van der Waals surface area contributed by atoms with Crippen molar-refractivity contribution in [3.05, 3.63) is 82.6 Å². The number of rotatable bonds is 6. The quantitative estimate of drug-likeness (QED) is 0.277. The van der Waals surface area contributed by atoms with Crippen molar-refractivity contribution < 1.29 is 9.53 Å². The Kier molecular flexibility index (Phi) is 17.5. The SMILES string of the molecule is C=CCC=N.CC=C(C)C.CNC(=O)OC(C)(C)C.NC[C@@H]1CCc2ncc(NCc3ccccc3)c(=O)n21. The van der Waals surface area contributed by atoms with Gasteiger partial charge in [0, 0.05) is 26.6 Å². The maximum absolute atomic E-state index is 12.5. The Morgan fingerprint density at radius 3 is 2.31 bits per heavy atom. The zero-order valence-electron chi connectivity index (χ0n) is 24.7. The summed E-state index contributed by atoms with van der Waals surface area (Å²) < 4.78 is 6.58. The highest BCUT2D eigenvalue weighted by molar-refractivity contribution is 5.67. The molecule has 1 atom stereocenters. The summed E-state index contributed by atoms with van der Waals surface area (Å²) in [4.78, 5) is 27.3. The molecule has 0 bridgehead atoms. The number of ether oxygens (including phenoxy) is 1. The fraction of sp³-hybridized carbons (Fsp3) is 0.467. The van der Waals surface area contributed by atoms with Crippen molar-refractivity contribution >= 4 is 18.0 Å². The number of nitrogens with two attached hydrogens (primary N) is 1. The highest BCUT2D eigenvalue weighted by Crippen LogP contribution is 2.21. The molecule has 3 rings (SSSR count). The Morgan fingerprint density at radius 2 is 1.90 bits per heavy atom. The Morgan fingerprint density at radius 1 is 1.28 bits per heavy atom. The number of aryl methyl sites for hydroxylation is 1. The first-order valence-electron chi connectivity index (χ1n) is 13.1. The van der Waals surface area contributed by atoms with E-state index >= 15 is 0 Å². The molecule has 9 nitrogen and oxygen atoms in total. The van der Waals surface area contributed by atoms with Gasteiger partial charge >= 0.3 is 6.09 Å². The average Bonchev–Trinajstić information content (AvgIpc) is 3.33. The van der Waals surface area contributed by atoms with Gasteiger partial charge in [-0.2, -0.15) is 0 Å². The molecule has 1 aliphatic heterocycles. The minimum atomic E-state index is -0.389. The van der Waals surface area contributed by atoms with E-state index in [1.165, 1.54) is 18.8 Å². The van der Waals surface area contributed by atoms with Crippen LogP contribution in [0.1, 0.15) is 71.8 Å². The summed E-state index contributed by atoms with van der Waals surface area (Å²) >= 11 is 0. The molecule has 2 aromatic rings. The summed E-state index contributed by atoms with van der Waals surface area (Å²) in [7, 11) is 1.54. The van der Waals surface area contributed by atoms with Gasteiger partial charge in [0.2, 0.25) is 0 Å². The van der Waals surface area contributed by atoms with Crippen LogP contribution in [0.2, 0.25) is 0 Å². The van der Waals surface area contributed by atoms with Gasteiger partial charge in [0.25, 0.3) is 5.56 Å². The van der Waals surface area contributed by atoms with E-state index in [2.05, 4.69) is 42.1 Å². The summed E-state index contributed by atoms with van der Waals surface area (Å²) in [6, 6.07) is 10.1. The number of hydrogen-bond acceptors (Lipinski definition) is 7. The van der Waals surface area contributed by atoms with Crippen LogP contribution in [0.3, 0.4) is 0 Å². The van der Waals surface area contributed by atoms with Crippen LogP contribution >= 0.6 is 0 Å². The Balaban J connectivity index is 0.000000631. The van der Waals surface area contributed by atoms with Gasteiger partial charge in [-0.15, -0.1) is 6.58 Å². The maximum atomic E-state index is 12.5. The van der Waals surface area contributed by atoms with E-state index < -0.39 is 0 Å². The normalized spacial score (nSPS) is 12.9. The van der Waals surface area contributed by atoms with Crippen LogP contribution in [-0.4, -0.2) is 41.1 Å². The molecule has 5 N–H and O–H groups in total. The van der Waals surface area contributed by atoms with E-state index in [9.17, 15) is 9.59 Å². The van der Waals surface area contributed by atoms with Crippen molar-refractivity contribution in [2.24, 2.45) is 5.73 Å². The molecule has 9 heteroatoms. The highest BCUT2D eigenvalue weighted by atomic mass is 16.6. The van der Waals surface area contributed by atoms with E-state index in [0.717, 1.165) is 24.2 Å². The second-order valence-electron chi connectivity index (χ2n) is 9.88. The van der Waals surface area contributed by atoms with Crippen LogP contribution in [0.15, 0.2) is 65.6 Å². The standard InChI is InChI=1S/C15H18N4O.C6H13NO2.C5H10.C4H7N/c16-8-12-6-7-14-18-10-13(15(20)19(12)14)17-9-11-4-2-1-3-5-11;1-6(2,3)9-5(8)7-4;1-4-5(2)3;1-2-3-4-5/h1-5,10,12,17H,6-9,16H2;1-4H3,(H,7,8);4H,1-3H3;2,4-5H,1,3H2/t12-;;;/m0.../s1. The van der Waals surface area contributed by atoms with Gasteiger partial charge in [-0.3, -0.25) is 9.36 Å². The number of allylic oxidation sites excluding steroid dienone is 3. The first-order valence-corrected chi connectivity index (χ1v) is 13.1. The van der Waals surface area contributed by atoms with Crippen LogP contribution in [0.4, 0.5) is 10.5 Å². The van der Waals surface area contributed by atoms with E-state index in [1.54, 1.807) is 16.8 Å². The zero-order chi connectivity index (χ0) is 29.8. The second kappa shape index (κ2) is 19.4. The highest BCUT2D eigenvalue weighted by Gasteiger charge is 2.24. The van der Waals surface area contributed by atoms with Gasteiger partial charge in [0.1, 0.15) is 17.1 Å². The summed E-state index contributed by atoms with van der Waals surface area (Å²) in [6.45, 7) is 16.2. The van der Waals surface area contributed by atoms with Crippen molar-refractivity contribution in [1.82, 2.24) is 14.9 Å². The van der Waals surface area contributed by atoms with E-state index in [1.807, 2.05) is 58.0 Å². The third-order valence-corrected chi connectivity index (χ3v) is 5.20. The summed E-state index contributed by atoms with van der Waals surface area (Å²) in [5.41, 5.74) is 8.37. The molecule has 2 heterocycles. The molecule has 1 amide bonds. The fourth-order valence-corrected chi connectivity index (χ4v) is 3.04. The zero-order valence-corrected chi connectivity index (χ0v) is 24.7. The third-order valence-electron chi connectivity index (χ3n) is 5.20. The molecule has 39 heavy (non-hydrogen) atoms. The predicted molar refractivity (Wildman–Crippen MR) is 163 cm³/mol. The molecule has 0 saturated heterocycles. The largest absolute Gasteiger partial charge is 0.444 e. The number of nitrogens with zero attached hydrogens (tertiary/aromatic N) is 2. The minimum absolute atomic E-state index is 0.0149. The van der Waals surface area contributed by atoms with E-state index in [4.69, 9.17) is 15.9 Å². The van der Waals surface area contributed by atoms with Gasteiger partial charge < -0.3 is 26.5 Å². The molecule has 1 aliphatic rings. The van der Waals surface area contributed by atoms with Crippen LogP contribution in [-0.2, 0) is 17.7 Å². The number of alkyl carbamates (subject to hydrolysis) is 1. The Labute approximate surface area is 234 Å². The summed E-state index contributed by atoms with van der Waals surface area (Å²) in [6.07, 6.45) is 8.76. The number of amides is 1. The molecule has 0 aliphatic carbocycles. The average molecular weight is 541 g/mol. The van der Waals surface area contributed by atoms with Crippen LogP contribution in [0.25, 0.3) is 0 Å². The number of benzene rings is 1. The molecular weight excluding hydrogens is 492 g/mol. The Bertz CT molecular complexity index is 1080. The lowest BCUT2D eigenvalue weighted by Gasteiger charge is -2.18. The first-order chi connectivity index (χ1) is 18.4. The van der Waals surface area contributed by atoms with Crippen molar-refractivity contribution in [3.8, 4) is 0 Å². The summed E-state index contributed by atoms with van der Waals surface area (Å²) in [5.74, 6) is 0.843. The molecule has 216 valence electrons. The number of hydrogen-bond donors (Lipinski definition) is 4. The van der Waals surface area contributed by atoms with Gasteiger partial charge in [-0.25, -0.2) is 9.78 Å². The number of anilines is 1. The molecule has 0 fully saturated rings. The van der Waals surface area contributed by atoms with Crippen LogP contribution in [0, 0.1) is 5.41 Å². The number of fused-ring (bicyclic) bond motifs is 1. The molecule has 1 aromatic carbocycles. The number of aromatic nitrogens is 2. The smallest absolute Gasteiger partial charge is 0.407 e. The van der Waals surface area contributed by atoms with Crippen LogP contribution < -0.4 is 21.9 Å². The fourth-order valence-electron chi connectivity index (χ4n) is 3.04. The lowest BCUT2D eigenvalue weighted by Crippen LogP contribution is -2.30. The van der Waals surface area contributed by atoms with Crippen molar-refractivity contribution in [2.45, 2.75) is 79.0 Å². The van der Waals surface area contributed by atoms with Gasteiger partial charge in [0.15, 0.2) is 0 Å².